The lowest BCUT2D eigenvalue weighted by molar-refractivity contribution is -0.145. The molecule has 0 N–H and O–H groups in total. The van der Waals surface area contributed by atoms with Crippen molar-refractivity contribution < 1.29 is 36.7 Å². The van der Waals surface area contributed by atoms with Gasteiger partial charge in [-0.15, -0.1) is 0 Å². The van der Waals surface area contributed by atoms with E-state index in [2.05, 4.69) is 15.1 Å². The highest BCUT2D eigenvalue weighted by molar-refractivity contribution is 5.69. The van der Waals surface area contributed by atoms with Crippen LogP contribution in [0.25, 0.3) is 22.7 Å². The Morgan fingerprint density at radius 3 is 2.53 bits per heavy atom. The summed E-state index contributed by atoms with van der Waals surface area (Å²) in [5, 5.41) is 3.87. The minimum atomic E-state index is -0.769. The number of nitrogens with zero attached hydrogens (tertiary/aromatic N) is 3. The van der Waals surface area contributed by atoms with Crippen LogP contribution in [-0.4, -0.2) is 35.3 Å². The van der Waals surface area contributed by atoms with Gasteiger partial charge in [0.15, 0.2) is 29.8 Å². The maximum atomic E-state index is 13.9. The van der Waals surface area contributed by atoms with Crippen LogP contribution in [0.3, 0.4) is 0 Å². The zero-order valence-corrected chi connectivity index (χ0v) is 18.2. The van der Waals surface area contributed by atoms with Gasteiger partial charge in [-0.3, -0.25) is 4.79 Å². The molecule has 0 aliphatic rings. The summed E-state index contributed by atoms with van der Waals surface area (Å²) in [4.78, 5) is 20.2. The van der Waals surface area contributed by atoms with Crippen LogP contribution in [0, 0.1) is 11.6 Å². The number of oxazole rings is 1. The number of hydrogen-bond acceptors (Lipinski definition) is 9. The van der Waals surface area contributed by atoms with E-state index in [1.165, 1.54) is 26.5 Å². The van der Waals surface area contributed by atoms with Gasteiger partial charge in [-0.25, -0.2) is 13.8 Å². The number of methoxy groups -OCH3 is 2. The SMILES string of the molecule is COc1ccc(-c2noc(COC(=O)CCc3ncc(-c4c(F)cccc4F)o3)n2)cc1OC. The molecule has 2 aromatic heterocycles. The fourth-order valence-corrected chi connectivity index (χ4v) is 3.10. The van der Waals surface area contributed by atoms with Crippen LogP contribution >= 0.6 is 0 Å². The van der Waals surface area contributed by atoms with Gasteiger partial charge in [-0.1, -0.05) is 11.2 Å². The van der Waals surface area contributed by atoms with E-state index in [-0.39, 0.29) is 42.6 Å². The molecule has 2 aromatic carbocycles. The Labute approximate surface area is 192 Å². The van der Waals surface area contributed by atoms with Crippen molar-refractivity contribution in [1.29, 1.82) is 0 Å². The molecule has 4 rings (SSSR count). The normalized spacial score (nSPS) is 10.8. The van der Waals surface area contributed by atoms with Crippen LogP contribution in [0.1, 0.15) is 18.2 Å². The smallest absolute Gasteiger partial charge is 0.306 e. The summed E-state index contributed by atoms with van der Waals surface area (Å²) in [7, 11) is 3.04. The summed E-state index contributed by atoms with van der Waals surface area (Å²) < 4.78 is 53.8. The van der Waals surface area contributed by atoms with Crippen LogP contribution < -0.4 is 9.47 Å². The van der Waals surface area contributed by atoms with Gasteiger partial charge >= 0.3 is 5.97 Å². The van der Waals surface area contributed by atoms with E-state index in [0.717, 1.165) is 12.1 Å². The summed E-state index contributed by atoms with van der Waals surface area (Å²) in [6, 6.07) is 8.62. The van der Waals surface area contributed by atoms with E-state index in [4.69, 9.17) is 23.2 Å². The number of hydrogen-bond donors (Lipinski definition) is 0. The minimum absolute atomic E-state index is 0.0625. The highest BCUT2D eigenvalue weighted by atomic mass is 19.1. The molecule has 0 unspecified atom stereocenters. The third-order valence-corrected chi connectivity index (χ3v) is 4.77. The summed E-state index contributed by atoms with van der Waals surface area (Å²) in [5.74, 6) is -0.570. The van der Waals surface area contributed by atoms with Crippen molar-refractivity contribution in [3.05, 3.63) is 66.0 Å². The van der Waals surface area contributed by atoms with Gasteiger partial charge in [0.25, 0.3) is 5.89 Å². The lowest BCUT2D eigenvalue weighted by atomic mass is 10.1. The monoisotopic (exact) mass is 471 g/mol. The second-order valence-electron chi connectivity index (χ2n) is 6.96. The molecule has 0 bridgehead atoms. The molecule has 0 spiro atoms. The van der Waals surface area contributed by atoms with Gasteiger partial charge in [0.05, 0.1) is 32.4 Å². The second kappa shape index (κ2) is 10.1. The number of benzene rings is 2. The van der Waals surface area contributed by atoms with E-state index in [1.807, 2.05) is 0 Å². The van der Waals surface area contributed by atoms with E-state index in [0.29, 0.717) is 22.9 Å². The van der Waals surface area contributed by atoms with E-state index in [1.54, 1.807) is 18.2 Å². The summed E-state index contributed by atoms with van der Waals surface area (Å²) >= 11 is 0. The van der Waals surface area contributed by atoms with Crippen molar-refractivity contribution in [2.45, 2.75) is 19.4 Å². The molecular formula is C23H19F2N3O6. The minimum Gasteiger partial charge on any atom is -0.493 e. The largest absolute Gasteiger partial charge is 0.493 e. The first-order chi connectivity index (χ1) is 16.5. The van der Waals surface area contributed by atoms with Crippen molar-refractivity contribution in [1.82, 2.24) is 15.1 Å². The summed E-state index contributed by atoms with van der Waals surface area (Å²) in [6.07, 6.45) is 1.21. The quantitative estimate of drug-likeness (QED) is 0.329. The van der Waals surface area contributed by atoms with Crippen molar-refractivity contribution in [3.8, 4) is 34.2 Å². The molecule has 0 aliphatic heterocycles. The average Bonchev–Trinajstić information content (AvgIpc) is 3.51. The first-order valence-electron chi connectivity index (χ1n) is 10.1. The number of esters is 1. The van der Waals surface area contributed by atoms with Crippen LogP contribution in [0.5, 0.6) is 11.5 Å². The van der Waals surface area contributed by atoms with Crippen molar-refractivity contribution in [2.75, 3.05) is 14.2 Å². The van der Waals surface area contributed by atoms with Gasteiger partial charge in [0, 0.05) is 12.0 Å². The maximum Gasteiger partial charge on any atom is 0.306 e. The number of rotatable bonds is 9. The molecule has 4 aromatic rings. The highest BCUT2D eigenvalue weighted by Gasteiger charge is 2.17. The van der Waals surface area contributed by atoms with Crippen LogP contribution in [0.4, 0.5) is 8.78 Å². The number of ether oxygens (including phenoxy) is 3. The Kier molecular flexibility index (Phi) is 6.81. The fourth-order valence-electron chi connectivity index (χ4n) is 3.10. The summed E-state index contributed by atoms with van der Waals surface area (Å²) in [5.41, 5.74) is 0.315. The molecule has 0 aliphatic carbocycles. The molecule has 0 amide bonds. The van der Waals surface area contributed by atoms with E-state index < -0.39 is 17.6 Å². The molecule has 34 heavy (non-hydrogen) atoms. The molecule has 9 nitrogen and oxygen atoms in total. The molecule has 176 valence electrons. The molecule has 0 fully saturated rings. The Hall–Kier alpha value is -4.28. The van der Waals surface area contributed by atoms with Crippen LogP contribution in [-0.2, 0) is 22.6 Å². The number of carbonyl (C=O) groups excluding carboxylic acids is 1. The molecule has 0 saturated heterocycles. The zero-order valence-electron chi connectivity index (χ0n) is 18.2. The Morgan fingerprint density at radius 1 is 1.03 bits per heavy atom. The number of halogens is 2. The maximum absolute atomic E-state index is 13.9. The standard InChI is InChI=1S/C23H19F2N3O6/c1-30-16-7-6-13(10-17(16)31-2)23-27-20(34-28-23)12-32-21(29)9-8-19-26-11-18(33-19)22-14(24)4-3-5-15(22)25/h3-7,10-11H,8-9,12H2,1-2H3. The molecule has 0 saturated carbocycles. The summed E-state index contributed by atoms with van der Waals surface area (Å²) in [6.45, 7) is -0.226. The molecule has 0 atom stereocenters. The van der Waals surface area contributed by atoms with Gasteiger partial charge in [0.1, 0.15) is 11.6 Å². The van der Waals surface area contributed by atoms with Gasteiger partial charge in [-0.05, 0) is 30.3 Å². The van der Waals surface area contributed by atoms with Gasteiger partial charge < -0.3 is 23.2 Å². The highest BCUT2D eigenvalue weighted by Crippen LogP contribution is 2.31. The first-order valence-corrected chi connectivity index (χ1v) is 10.1. The molecular weight excluding hydrogens is 452 g/mol. The third kappa shape index (κ3) is 5.03. The van der Waals surface area contributed by atoms with Crippen LogP contribution in [0.2, 0.25) is 0 Å². The Balaban J connectivity index is 1.31. The molecule has 11 heteroatoms. The van der Waals surface area contributed by atoms with Gasteiger partial charge in [0.2, 0.25) is 5.82 Å². The van der Waals surface area contributed by atoms with Crippen LogP contribution in [0.15, 0.2) is 51.5 Å². The lowest BCUT2D eigenvalue weighted by Crippen LogP contribution is -2.06. The Bertz CT molecular complexity index is 1280. The number of aromatic nitrogens is 3. The second-order valence-corrected chi connectivity index (χ2v) is 6.96. The van der Waals surface area contributed by atoms with Gasteiger partial charge in [-0.2, -0.15) is 4.98 Å². The third-order valence-electron chi connectivity index (χ3n) is 4.77. The van der Waals surface area contributed by atoms with E-state index >= 15 is 0 Å². The van der Waals surface area contributed by atoms with E-state index in [9.17, 15) is 13.6 Å². The van der Waals surface area contributed by atoms with Crippen molar-refractivity contribution in [2.24, 2.45) is 0 Å². The molecule has 0 radical (unpaired) electrons. The predicted octanol–water partition coefficient (Wildman–Crippen LogP) is 4.36. The number of aryl methyl sites for hydroxylation is 1. The predicted molar refractivity (Wildman–Crippen MR) is 113 cm³/mol. The molecule has 2 heterocycles. The average molecular weight is 471 g/mol. The number of carbonyl (C=O) groups is 1. The fraction of sp³-hybridized carbons (Fsp3) is 0.217. The zero-order chi connectivity index (χ0) is 24.1. The lowest BCUT2D eigenvalue weighted by Gasteiger charge is -2.07. The first kappa shape index (κ1) is 22.9. The topological polar surface area (TPSA) is 110 Å². The van der Waals surface area contributed by atoms with Crippen molar-refractivity contribution in [3.63, 3.8) is 0 Å². The Morgan fingerprint density at radius 2 is 1.79 bits per heavy atom. The van der Waals surface area contributed by atoms with Crippen molar-refractivity contribution >= 4 is 5.97 Å².